The predicted octanol–water partition coefficient (Wildman–Crippen LogP) is 3.04. The summed E-state index contributed by atoms with van der Waals surface area (Å²) in [5.74, 6) is 0.744. The summed E-state index contributed by atoms with van der Waals surface area (Å²) in [4.78, 5) is 1.43. The second-order valence-corrected chi connectivity index (χ2v) is 5.23. The summed E-state index contributed by atoms with van der Waals surface area (Å²) in [6, 6.07) is 2.77. The molecule has 1 aliphatic rings. The summed E-state index contributed by atoms with van der Waals surface area (Å²) < 4.78 is 0. The zero-order chi connectivity index (χ0) is 9.26. The molecule has 0 aromatic carbocycles. The third kappa shape index (κ3) is 2.12. The van der Waals surface area contributed by atoms with Gasteiger partial charge in [-0.15, -0.1) is 11.3 Å². The zero-order valence-corrected chi connectivity index (χ0v) is 8.94. The van der Waals surface area contributed by atoms with Gasteiger partial charge >= 0.3 is 0 Å². The van der Waals surface area contributed by atoms with Crippen molar-refractivity contribution in [2.75, 3.05) is 0 Å². The summed E-state index contributed by atoms with van der Waals surface area (Å²) in [5.41, 5.74) is 7.50. The van der Waals surface area contributed by atoms with E-state index < -0.39 is 0 Å². The van der Waals surface area contributed by atoms with E-state index in [0.717, 1.165) is 5.92 Å². The highest BCUT2D eigenvalue weighted by Crippen LogP contribution is 2.34. The van der Waals surface area contributed by atoms with Crippen LogP contribution in [0.25, 0.3) is 0 Å². The van der Waals surface area contributed by atoms with E-state index in [4.69, 9.17) is 5.73 Å². The number of thiophene rings is 1. The van der Waals surface area contributed by atoms with Gasteiger partial charge in [0.15, 0.2) is 0 Å². The quantitative estimate of drug-likeness (QED) is 0.732. The fourth-order valence-electron chi connectivity index (χ4n) is 2.21. The molecule has 2 N–H and O–H groups in total. The summed E-state index contributed by atoms with van der Waals surface area (Å²) in [5, 5.41) is 2.30. The van der Waals surface area contributed by atoms with Crippen molar-refractivity contribution in [1.29, 1.82) is 0 Å². The van der Waals surface area contributed by atoms with Gasteiger partial charge in [-0.25, -0.2) is 0 Å². The molecule has 1 aromatic rings. The van der Waals surface area contributed by atoms with Crippen molar-refractivity contribution in [2.24, 2.45) is 5.73 Å². The topological polar surface area (TPSA) is 26.0 Å². The lowest BCUT2D eigenvalue weighted by atomic mass is 9.83. The Labute approximate surface area is 84.0 Å². The second-order valence-electron chi connectivity index (χ2n) is 4.11. The van der Waals surface area contributed by atoms with Crippen molar-refractivity contribution in [3.63, 3.8) is 0 Å². The number of hydrogen-bond acceptors (Lipinski definition) is 2. The van der Waals surface area contributed by atoms with Crippen LogP contribution in [-0.2, 0) is 0 Å². The van der Waals surface area contributed by atoms with Crippen molar-refractivity contribution in [3.8, 4) is 0 Å². The van der Waals surface area contributed by atoms with Crippen LogP contribution in [-0.4, -0.2) is 6.04 Å². The van der Waals surface area contributed by atoms with Crippen molar-refractivity contribution in [1.82, 2.24) is 0 Å². The highest BCUT2D eigenvalue weighted by Gasteiger charge is 2.20. The molecule has 1 nitrogen and oxygen atoms in total. The van der Waals surface area contributed by atoms with Gasteiger partial charge in [0.2, 0.25) is 0 Å². The van der Waals surface area contributed by atoms with Crippen molar-refractivity contribution < 1.29 is 0 Å². The fraction of sp³-hybridized carbons (Fsp3) is 0.636. The average Bonchev–Trinajstić information content (AvgIpc) is 2.52. The number of rotatable bonds is 1. The smallest absolute Gasteiger partial charge is 0.00446 e. The molecule has 1 fully saturated rings. The van der Waals surface area contributed by atoms with E-state index in [2.05, 4.69) is 18.4 Å². The van der Waals surface area contributed by atoms with E-state index in [0.29, 0.717) is 6.04 Å². The van der Waals surface area contributed by atoms with Gasteiger partial charge in [-0.3, -0.25) is 0 Å². The minimum Gasteiger partial charge on any atom is -0.328 e. The maximum atomic E-state index is 5.97. The fourth-order valence-corrected chi connectivity index (χ4v) is 2.99. The van der Waals surface area contributed by atoms with Crippen LogP contribution in [0.4, 0.5) is 0 Å². The van der Waals surface area contributed by atoms with Gasteiger partial charge in [0.1, 0.15) is 0 Å². The lowest BCUT2D eigenvalue weighted by Crippen LogP contribution is -2.26. The van der Waals surface area contributed by atoms with Crippen LogP contribution in [0.3, 0.4) is 0 Å². The van der Waals surface area contributed by atoms with E-state index in [1.54, 1.807) is 0 Å². The molecule has 1 aliphatic carbocycles. The largest absolute Gasteiger partial charge is 0.328 e. The van der Waals surface area contributed by atoms with E-state index in [-0.39, 0.29) is 0 Å². The maximum absolute atomic E-state index is 5.97. The lowest BCUT2D eigenvalue weighted by Gasteiger charge is -2.25. The Morgan fingerprint density at radius 3 is 2.92 bits per heavy atom. The van der Waals surface area contributed by atoms with Crippen LogP contribution >= 0.6 is 11.3 Å². The van der Waals surface area contributed by atoms with Gasteiger partial charge in [-0.2, -0.15) is 0 Å². The van der Waals surface area contributed by atoms with Gasteiger partial charge in [-0.1, -0.05) is 6.42 Å². The highest BCUT2D eigenvalue weighted by atomic mass is 32.1. The Morgan fingerprint density at radius 1 is 1.46 bits per heavy atom. The summed E-state index contributed by atoms with van der Waals surface area (Å²) in [6.07, 6.45) is 5.06. The van der Waals surface area contributed by atoms with Gasteiger partial charge in [0, 0.05) is 10.9 Å². The first-order valence-corrected chi connectivity index (χ1v) is 5.94. The minimum atomic E-state index is 0.443. The normalized spacial score (nSPS) is 29.1. The second kappa shape index (κ2) is 3.81. The van der Waals surface area contributed by atoms with Crippen LogP contribution in [0.1, 0.15) is 42.0 Å². The Hall–Kier alpha value is -0.340. The molecule has 0 radical (unpaired) electrons. The molecular formula is C11H17NS. The molecule has 1 saturated carbocycles. The highest BCUT2D eigenvalue weighted by molar-refractivity contribution is 7.10. The molecule has 2 rings (SSSR count). The monoisotopic (exact) mass is 195 g/mol. The molecule has 0 amide bonds. The zero-order valence-electron chi connectivity index (χ0n) is 8.12. The Kier molecular flexibility index (Phi) is 2.70. The van der Waals surface area contributed by atoms with Crippen molar-refractivity contribution >= 4 is 11.3 Å². The number of nitrogens with two attached hydrogens (primary N) is 1. The molecular weight excluding hydrogens is 178 g/mol. The Morgan fingerprint density at radius 2 is 2.31 bits per heavy atom. The molecule has 0 aliphatic heterocycles. The van der Waals surface area contributed by atoms with Crippen LogP contribution < -0.4 is 5.73 Å². The summed E-state index contributed by atoms with van der Waals surface area (Å²) in [6.45, 7) is 2.18. The first-order chi connectivity index (χ1) is 6.25. The molecule has 0 bridgehead atoms. The van der Waals surface area contributed by atoms with Crippen LogP contribution in [0.15, 0.2) is 11.4 Å². The third-order valence-corrected chi connectivity index (χ3v) is 3.82. The SMILES string of the molecule is Cc1cc(C2CCCC(N)C2)cs1. The molecule has 72 valence electrons. The molecule has 13 heavy (non-hydrogen) atoms. The molecule has 0 saturated heterocycles. The molecule has 2 unspecified atom stereocenters. The average molecular weight is 195 g/mol. The Balaban J connectivity index is 2.08. The first kappa shape index (κ1) is 9.22. The molecule has 2 heteroatoms. The van der Waals surface area contributed by atoms with E-state index >= 15 is 0 Å². The van der Waals surface area contributed by atoms with Gasteiger partial charge < -0.3 is 5.73 Å². The number of hydrogen-bond donors (Lipinski definition) is 1. The Bertz CT molecular complexity index is 279. The van der Waals surface area contributed by atoms with Gasteiger partial charge in [0.25, 0.3) is 0 Å². The minimum absolute atomic E-state index is 0.443. The lowest BCUT2D eigenvalue weighted by molar-refractivity contribution is 0.394. The standard InChI is InChI=1S/C11H17NS/c1-8-5-10(7-13-8)9-3-2-4-11(12)6-9/h5,7,9,11H,2-4,6,12H2,1H3. The number of aryl methyl sites for hydroxylation is 1. The summed E-state index contributed by atoms with van der Waals surface area (Å²) >= 11 is 1.86. The van der Waals surface area contributed by atoms with Gasteiger partial charge in [0.05, 0.1) is 0 Å². The van der Waals surface area contributed by atoms with Crippen LogP contribution in [0, 0.1) is 6.92 Å². The maximum Gasteiger partial charge on any atom is 0.00446 e. The first-order valence-electron chi connectivity index (χ1n) is 5.06. The van der Waals surface area contributed by atoms with E-state index in [9.17, 15) is 0 Å². The van der Waals surface area contributed by atoms with E-state index in [1.165, 1.54) is 36.1 Å². The molecule has 1 heterocycles. The van der Waals surface area contributed by atoms with E-state index in [1.807, 2.05) is 11.3 Å². The van der Waals surface area contributed by atoms with Crippen molar-refractivity contribution in [2.45, 2.75) is 44.6 Å². The third-order valence-electron chi connectivity index (χ3n) is 2.94. The van der Waals surface area contributed by atoms with Gasteiger partial charge in [-0.05, 0) is 49.1 Å². The van der Waals surface area contributed by atoms with Crippen LogP contribution in [0.2, 0.25) is 0 Å². The molecule has 0 spiro atoms. The summed E-state index contributed by atoms with van der Waals surface area (Å²) in [7, 11) is 0. The molecule has 2 atom stereocenters. The predicted molar refractivity (Wildman–Crippen MR) is 58.2 cm³/mol. The van der Waals surface area contributed by atoms with Crippen molar-refractivity contribution in [3.05, 3.63) is 21.9 Å². The molecule has 1 aromatic heterocycles. The van der Waals surface area contributed by atoms with Crippen LogP contribution in [0.5, 0.6) is 0 Å².